The van der Waals surface area contributed by atoms with Crippen LogP contribution in [0.25, 0.3) is 0 Å². The Kier molecular flexibility index (Phi) is 4.31. The SMILES string of the molecule is CC(C)Cc1ccc(C2CN(C)CCS2(=O)=O)cc1. The first-order chi connectivity index (χ1) is 8.88. The Morgan fingerprint density at radius 3 is 2.47 bits per heavy atom. The highest BCUT2D eigenvalue weighted by molar-refractivity contribution is 7.91. The van der Waals surface area contributed by atoms with Gasteiger partial charge in [-0.15, -0.1) is 0 Å². The van der Waals surface area contributed by atoms with Crippen molar-refractivity contribution in [2.75, 3.05) is 25.9 Å². The fraction of sp³-hybridized carbons (Fsp3) is 0.600. The van der Waals surface area contributed by atoms with Gasteiger partial charge < -0.3 is 4.90 Å². The number of nitrogens with zero attached hydrogens (tertiary/aromatic N) is 1. The van der Waals surface area contributed by atoms with Crippen molar-refractivity contribution in [3.63, 3.8) is 0 Å². The summed E-state index contributed by atoms with van der Waals surface area (Å²) < 4.78 is 24.3. The Labute approximate surface area is 116 Å². The molecule has 1 saturated heterocycles. The zero-order chi connectivity index (χ0) is 14.0. The second kappa shape index (κ2) is 5.63. The average Bonchev–Trinajstić information content (AvgIpc) is 2.33. The highest BCUT2D eigenvalue weighted by atomic mass is 32.2. The molecule has 0 aliphatic carbocycles. The van der Waals surface area contributed by atoms with E-state index in [1.54, 1.807) is 0 Å². The molecular formula is C15H23NO2S. The van der Waals surface area contributed by atoms with Gasteiger partial charge in [0, 0.05) is 13.1 Å². The lowest BCUT2D eigenvalue weighted by atomic mass is 10.0. The Morgan fingerprint density at radius 1 is 1.26 bits per heavy atom. The highest BCUT2D eigenvalue weighted by Gasteiger charge is 2.32. The summed E-state index contributed by atoms with van der Waals surface area (Å²) in [6.45, 7) is 5.62. The molecule has 1 heterocycles. The minimum atomic E-state index is -2.99. The maximum atomic E-state index is 12.2. The number of hydrogen-bond acceptors (Lipinski definition) is 3. The van der Waals surface area contributed by atoms with E-state index in [4.69, 9.17) is 0 Å². The van der Waals surface area contributed by atoms with Crippen LogP contribution < -0.4 is 0 Å². The molecule has 4 heteroatoms. The Bertz CT molecular complexity index is 520. The van der Waals surface area contributed by atoms with Crippen LogP contribution in [0.4, 0.5) is 0 Å². The van der Waals surface area contributed by atoms with Crippen LogP contribution in [-0.2, 0) is 16.3 Å². The third-order valence-corrected chi connectivity index (χ3v) is 5.70. The molecule has 3 nitrogen and oxygen atoms in total. The van der Waals surface area contributed by atoms with E-state index in [1.807, 2.05) is 19.2 Å². The van der Waals surface area contributed by atoms with E-state index in [2.05, 4.69) is 30.9 Å². The van der Waals surface area contributed by atoms with Gasteiger partial charge in [-0.1, -0.05) is 38.1 Å². The van der Waals surface area contributed by atoms with Gasteiger partial charge in [0.15, 0.2) is 9.84 Å². The molecule has 0 radical (unpaired) electrons. The quantitative estimate of drug-likeness (QED) is 0.853. The number of hydrogen-bond donors (Lipinski definition) is 0. The lowest BCUT2D eigenvalue weighted by Crippen LogP contribution is -2.40. The summed E-state index contributed by atoms with van der Waals surface area (Å²) in [6, 6.07) is 8.11. The highest BCUT2D eigenvalue weighted by Crippen LogP contribution is 2.27. The first-order valence-corrected chi connectivity index (χ1v) is 8.59. The van der Waals surface area contributed by atoms with Gasteiger partial charge in [-0.2, -0.15) is 0 Å². The molecule has 19 heavy (non-hydrogen) atoms. The minimum absolute atomic E-state index is 0.266. The number of likely N-dealkylation sites (N-methyl/N-ethyl adjacent to an activating group) is 1. The van der Waals surface area contributed by atoms with E-state index in [-0.39, 0.29) is 11.0 Å². The normalized spacial score (nSPS) is 23.7. The van der Waals surface area contributed by atoms with Crippen LogP contribution in [0.1, 0.15) is 30.2 Å². The Balaban J connectivity index is 2.21. The summed E-state index contributed by atoms with van der Waals surface area (Å²) in [5, 5.41) is -0.362. The van der Waals surface area contributed by atoms with E-state index in [0.717, 1.165) is 12.0 Å². The third kappa shape index (κ3) is 3.57. The lowest BCUT2D eigenvalue weighted by molar-refractivity contribution is 0.333. The van der Waals surface area contributed by atoms with Crippen LogP contribution in [0.3, 0.4) is 0 Å². The maximum Gasteiger partial charge on any atom is 0.159 e. The molecule has 0 saturated carbocycles. The van der Waals surface area contributed by atoms with E-state index < -0.39 is 9.84 Å². The topological polar surface area (TPSA) is 37.4 Å². The zero-order valence-corrected chi connectivity index (χ0v) is 12.8. The summed E-state index contributed by atoms with van der Waals surface area (Å²) >= 11 is 0. The van der Waals surface area contributed by atoms with Crippen LogP contribution in [0.5, 0.6) is 0 Å². The summed E-state index contributed by atoms with van der Waals surface area (Å²) in [4.78, 5) is 2.09. The Morgan fingerprint density at radius 2 is 1.89 bits per heavy atom. The molecule has 0 N–H and O–H groups in total. The molecule has 1 atom stereocenters. The molecule has 1 aliphatic heterocycles. The molecule has 0 spiro atoms. The first kappa shape index (κ1) is 14.5. The van der Waals surface area contributed by atoms with Crippen molar-refractivity contribution < 1.29 is 8.42 Å². The largest absolute Gasteiger partial charge is 0.304 e. The van der Waals surface area contributed by atoms with E-state index in [0.29, 0.717) is 19.0 Å². The molecule has 0 bridgehead atoms. The summed E-state index contributed by atoms with van der Waals surface area (Å²) in [5.41, 5.74) is 2.21. The standard InChI is InChI=1S/C15H23NO2S/c1-12(2)10-13-4-6-14(7-5-13)15-11-16(3)8-9-19(15,17)18/h4-7,12,15H,8-11H2,1-3H3. The van der Waals surface area contributed by atoms with Crippen molar-refractivity contribution >= 4 is 9.84 Å². The first-order valence-electron chi connectivity index (χ1n) is 6.87. The van der Waals surface area contributed by atoms with Gasteiger partial charge in [0.25, 0.3) is 0 Å². The van der Waals surface area contributed by atoms with E-state index >= 15 is 0 Å². The van der Waals surface area contributed by atoms with Crippen molar-refractivity contribution in [1.82, 2.24) is 4.90 Å². The predicted molar refractivity (Wildman–Crippen MR) is 79.0 cm³/mol. The molecule has 1 aromatic rings. The van der Waals surface area contributed by atoms with Crippen molar-refractivity contribution in [2.45, 2.75) is 25.5 Å². The fourth-order valence-electron chi connectivity index (χ4n) is 2.57. The summed E-state index contributed by atoms with van der Waals surface area (Å²) in [7, 11) is -1.01. The molecule has 106 valence electrons. The van der Waals surface area contributed by atoms with Crippen molar-refractivity contribution in [3.8, 4) is 0 Å². The Hall–Kier alpha value is -0.870. The molecule has 1 unspecified atom stereocenters. The smallest absolute Gasteiger partial charge is 0.159 e. The monoisotopic (exact) mass is 281 g/mol. The van der Waals surface area contributed by atoms with Crippen LogP contribution in [0.15, 0.2) is 24.3 Å². The van der Waals surface area contributed by atoms with Gasteiger partial charge in [0.1, 0.15) is 0 Å². The molecule has 1 aromatic carbocycles. The van der Waals surface area contributed by atoms with E-state index in [9.17, 15) is 8.42 Å². The van der Waals surface area contributed by atoms with Gasteiger partial charge >= 0.3 is 0 Å². The number of rotatable bonds is 3. The predicted octanol–water partition coefficient (Wildman–Crippen LogP) is 2.29. The van der Waals surface area contributed by atoms with Gasteiger partial charge in [-0.25, -0.2) is 8.42 Å². The molecular weight excluding hydrogens is 258 g/mol. The third-order valence-electron chi connectivity index (χ3n) is 3.66. The number of benzene rings is 1. The van der Waals surface area contributed by atoms with Crippen molar-refractivity contribution in [3.05, 3.63) is 35.4 Å². The van der Waals surface area contributed by atoms with Crippen LogP contribution >= 0.6 is 0 Å². The van der Waals surface area contributed by atoms with Gasteiger partial charge in [0.05, 0.1) is 11.0 Å². The number of sulfone groups is 1. The second-order valence-electron chi connectivity index (χ2n) is 5.96. The maximum absolute atomic E-state index is 12.2. The fourth-order valence-corrected chi connectivity index (χ4v) is 4.47. The molecule has 0 aromatic heterocycles. The van der Waals surface area contributed by atoms with Crippen LogP contribution in [0, 0.1) is 5.92 Å². The van der Waals surface area contributed by atoms with Crippen molar-refractivity contribution in [1.29, 1.82) is 0 Å². The molecule has 2 rings (SSSR count). The minimum Gasteiger partial charge on any atom is -0.304 e. The zero-order valence-electron chi connectivity index (χ0n) is 12.0. The lowest BCUT2D eigenvalue weighted by Gasteiger charge is -2.30. The van der Waals surface area contributed by atoms with Crippen molar-refractivity contribution in [2.24, 2.45) is 5.92 Å². The average molecular weight is 281 g/mol. The second-order valence-corrected chi connectivity index (χ2v) is 8.26. The van der Waals surface area contributed by atoms with Gasteiger partial charge in [-0.05, 0) is 30.5 Å². The summed E-state index contributed by atoms with van der Waals surface area (Å²) in [6.07, 6.45) is 1.04. The van der Waals surface area contributed by atoms with Gasteiger partial charge in [0.2, 0.25) is 0 Å². The molecule has 1 fully saturated rings. The summed E-state index contributed by atoms with van der Waals surface area (Å²) in [5.74, 6) is 0.887. The van der Waals surface area contributed by atoms with Gasteiger partial charge in [-0.3, -0.25) is 0 Å². The van der Waals surface area contributed by atoms with Crippen LogP contribution in [0.2, 0.25) is 0 Å². The molecule has 0 amide bonds. The van der Waals surface area contributed by atoms with E-state index in [1.165, 1.54) is 5.56 Å². The molecule has 1 aliphatic rings. The van der Waals surface area contributed by atoms with Crippen LogP contribution in [-0.4, -0.2) is 39.2 Å².